The van der Waals surface area contributed by atoms with Gasteiger partial charge < -0.3 is 23.7 Å². The molecule has 1 aliphatic heterocycles. The van der Waals surface area contributed by atoms with Gasteiger partial charge in [0.05, 0.1) is 16.7 Å². The lowest BCUT2D eigenvalue weighted by Crippen LogP contribution is -2.42. The van der Waals surface area contributed by atoms with E-state index in [9.17, 15) is 14.4 Å². The number of esters is 3. The Labute approximate surface area is 202 Å². The lowest BCUT2D eigenvalue weighted by molar-refractivity contribution is -0.155. The third-order valence-electron chi connectivity index (χ3n) is 5.39. The number of benzene rings is 3. The monoisotopic (exact) mass is 476 g/mol. The van der Waals surface area contributed by atoms with Gasteiger partial charge in [-0.2, -0.15) is 0 Å². The van der Waals surface area contributed by atoms with Crippen molar-refractivity contribution in [2.45, 2.75) is 24.6 Å². The Morgan fingerprint density at radius 2 is 1.09 bits per heavy atom. The SMILES string of the molecule is CO[C@@H]1O[C@H](COC(=O)c2ccccc2)[C@H](OC(=O)c2ccccc2)[C@H]1OC(=O)c1ccccc1. The molecule has 4 atom stereocenters. The molecule has 1 fully saturated rings. The van der Waals surface area contributed by atoms with E-state index >= 15 is 0 Å². The molecule has 4 rings (SSSR count). The molecule has 35 heavy (non-hydrogen) atoms. The minimum atomic E-state index is -1.10. The van der Waals surface area contributed by atoms with E-state index in [1.165, 1.54) is 7.11 Å². The zero-order chi connectivity index (χ0) is 24.6. The van der Waals surface area contributed by atoms with Gasteiger partial charge in [-0.1, -0.05) is 54.6 Å². The molecule has 0 amide bonds. The second kappa shape index (κ2) is 11.4. The molecule has 0 saturated carbocycles. The standard InChI is InChI=1S/C27H24O8/c1-31-27-23(35-26(30)20-15-9-4-10-16-20)22(34-25(29)19-13-7-3-8-14-19)21(33-27)17-32-24(28)18-11-5-2-6-12-18/h2-16,21-23,27H,17H2,1H3/t21-,22+,23-,27-/m1/s1. The molecule has 3 aromatic rings. The van der Waals surface area contributed by atoms with Gasteiger partial charge in [-0.15, -0.1) is 0 Å². The summed E-state index contributed by atoms with van der Waals surface area (Å²) in [6.45, 7) is -0.250. The van der Waals surface area contributed by atoms with Gasteiger partial charge in [-0.05, 0) is 36.4 Å². The molecule has 0 N–H and O–H groups in total. The first-order chi connectivity index (χ1) is 17.1. The topological polar surface area (TPSA) is 97.4 Å². The molecule has 0 aromatic heterocycles. The van der Waals surface area contributed by atoms with E-state index in [4.69, 9.17) is 23.7 Å². The maximum absolute atomic E-state index is 12.8. The Kier molecular flexibility index (Phi) is 7.87. The van der Waals surface area contributed by atoms with Gasteiger partial charge >= 0.3 is 17.9 Å². The fourth-order valence-electron chi connectivity index (χ4n) is 3.63. The van der Waals surface area contributed by atoms with Crippen molar-refractivity contribution in [1.29, 1.82) is 0 Å². The molecule has 8 heteroatoms. The maximum Gasteiger partial charge on any atom is 0.338 e. The lowest BCUT2D eigenvalue weighted by atomic mass is 10.1. The summed E-state index contributed by atoms with van der Waals surface area (Å²) in [5.41, 5.74) is 0.981. The van der Waals surface area contributed by atoms with Crippen LogP contribution in [0.5, 0.6) is 0 Å². The van der Waals surface area contributed by atoms with E-state index in [1.807, 2.05) is 0 Å². The maximum atomic E-state index is 12.8. The van der Waals surface area contributed by atoms with Crippen molar-refractivity contribution in [3.05, 3.63) is 108 Å². The number of hydrogen-bond donors (Lipinski definition) is 0. The number of ether oxygens (including phenoxy) is 5. The Balaban J connectivity index is 1.54. The van der Waals surface area contributed by atoms with Crippen LogP contribution in [-0.4, -0.2) is 56.2 Å². The molecule has 0 radical (unpaired) electrons. The average molecular weight is 476 g/mol. The van der Waals surface area contributed by atoms with Crippen LogP contribution in [0, 0.1) is 0 Å². The van der Waals surface area contributed by atoms with Gasteiger partial charge in [0, 0.05) is 7.11 Å². The summed E-state index contributed by atoms with van der Waals surface area (Å²) in [4.78, 5) is 38.0. The Morgan fingerprint density at radius 1 is 0.657 bits per heavy atom. The summed E-state index contributed by atoms with van der Waals surface area (Å²) in [6.07, 6.45) is -4.17. The molecule has 1 heterocycles. The fraction of sp³-hybridized carbons (Fsp3) is 0.222. The number of methoxy groups -OCH3 is 1. The van der Waals surface area contributed by atoms with Crippen LogP contribution in [-0.2, 0) is 23.7 Å². The van der Waals surface area contributed by atoms with Gasteiger partial charge in [-0.3, -0.25) is 0 Å². The average Bonchev–Trinajstić information content (AvgIpc) is 3.24. The number of carbonyl (C=O) groups excluding carboxylic acids is 3. The van der Waals surface area contributed by atoms with E-state index in [2.05, 4.69) is 0 Å². The molecule has 1 saturated heterocycles. The summed E-state index contributed by atoms with van der Waals surface area (Å²) in [5.74, 6) is -1.85. The minimum absolute atomic E-state index is 0.250. The normalized spacial score (nSPS) is 21.2. The van der Waals surface area contributed by atoms with Crippen LogP contribution in [0.3, 0.4) is 0 Å². The van der Waals surface area contributed by atoms with Gasteiger partial charge in [0.2, 0.25) is 0 Å². The molecular formula is C27H24O8. The molecule has 0 unspecified atom stereocenters. The molecule has 3 aromatic carbocycles. The van der Waals surface area contributed by atoms with Crippen LogP contribution in [0.25, 0.3) is 0 Å². The van der Waals surface area contributed by atoms with Crippen LogP contribution < -0.4 is 0 Å². The summed E-state index contributed by atoms with van der Waals surface area (Å²) in [6, 6.07) is 25.2. The highest BCUT2D eigenvalue weighted by atomic mass is 16.7. The predicted octanol–water partition coefficient (Wildman–Crippen LogP) is 3.67. The number of hydrogen-bond acceptors (Lipinski definition) is 8. The van der Waals surface area contributed by atoms with Gasteiger partial charge in [-0.25, -0.2) is 14.4 Å². The fourth-order valence-corrected chi connectivity index (χ4v) is 3.63. The highest BCUT2D eigenvalue weighted by Crippen LogP contribution is 2.29. The third kappa shape index (κ3) is 5.92. The van der Waals surface area contributed by atoms with Gasteiger partial charge in [0.25, 0.3) is 0 Å². The molecule has 0 spiro atoms. The van der Waals surface area contributed by atoms with Crippen molar-refractivity contribution in [3.8, 4) is 0 Å². The lowest BCUT2D eigenvalue weighted by Gasteiger charge is -2.24. The largest absolute Gasteiger partial charge is 0.459 e. The highest BCUT2D eigenvalue weighted by molar-refractivity contribution is 5.90. The van der Waals surface area contributed by atoms with E-state index in [0.717, 1.165) is 0 Å². The smallest absolute Gasteiger partial charge is 0.338 e. The van der Waals surface area contributed by atoms with Crippen molar-refractivity contribution in [2.24, 2.45) is 0 Å². The van der Waals surface area contributed by atoms with Crippen LogP contribution in [0.15, 0.2) is 91.0 Å². The van der Waals surface area contributed by atoms with Crippen molar-refractivity contribution < 1.29 is 38.1 Å². The molecule has 0 bridgehead atoms. The molecule has 180 valence electrons. The summed E-state index contributed by atoms with van der Waals surface area (Å²) in [7, 11) is 1.38. The van der Waals surface area contributed by atoms with Crippen LogP contribution in [0.2, 0.25) is 0 Å². The first-order valence-corrected chi connectivity index (χ1v) is 11.0. The minimum Gasteiger partial charge on any atom is -0.459 e. The molecule has 8 nitrogen and oxygen atoms in total. The summed E-state index contributed by atoms with van der Waals surface area (Å²) in [5, 5.41) is 0. The second-order valence-corrected chi connectivity index (χ2v) is 7.72. The van der Waals surface area contributed by atoms with Crippen molar-refractivity contribution >= 4 is 17.9 Å². The molecule has 0 aliphatic carbocycles. The third-order valence-corrected chi connectivity index (χ3v) is 5.39. The van der Waals surface area contributed by atoms with Crippen LogP contribution >= 0.6 is 0 Å². The second-order valence-electron chi connectivity index (χ2n) is 7.72. The highest BCUT2D eigenvalue weighted by Gasteiger charge is 2.50. The van der Waals surface area contributed by atoms with E-state index in [-0.39, 0.29) is 6.61 Å². The zero-order valence-corrected chi connectivity index (χ0v) is 18.9. The van der Waals surface area contributed by atoms with Crippen molar-refractivity contribution in [1.82, 2.24) is 0 Å². The van der Waals surface area contributed by atoms with Crippen molar-refractivity contribution in [3.63, 3.8) is 0 Å². The first kappa shape index (κ1) is 24.1. The molecular weight excluding hydrogens is 452 g/mol. The van der Waals surface area contributed by atoms with E-state index in [1.54, 1.807) is 91.0 Å². The van der Waals surface area contributed by atoms with E-state index in [0.29, 0.717) is 16.7 Å². The molecule has 1 aliphatic rings. The van der Waals surface area contributed by atoms with Crippen molar-refractivity contribution in [2.75, 3.05) is 13.7 Å². The van der Waals surface area contributed by atoms with Crippen LogP contribution in [0.1, 0.15) is 31.1 Å². The Morgan fingerprint density at radius 3 is 1.54 bits per heavy atom. The first-order valence-electron chi connectivity index (χ1n) is 11.0. The zero-order valence-electron chi connectivity index (χ0n) is 18.9. The summed E-state index contributed by atoms with van der Waals surface area (Å²) >= 11 is 0. The van der Waals surface area contributed by atoms with Gasteiger partial charge in [0.15, 0.2) is 18.5 Å². The Hall–Kier alpha value is -4.01. The quantitative estimate of drug-likeness (QED) is 0.359. The Bertz CT molecular complexity index is 1130. The van der Waals surface area contributed by atoms with Gasteiger partial charge in [0.1, 0.15) is 12.7 Å². The number of rotatable bonds is 8. The predicted molar refractivity (Wildman–Crippen MR) is 124 cm³/mol. The van der Waals surface area contributed by atoms with E-state index < -0.39 is 42.5 Å². The van der Waals surface area contributed by atoms with Crippen LogP contribution in [0.4, 0.5) is 0 Å². The summed E-state index contributed by atoms with van der Waals surface area (Å²) < 4.78 is 28.0. The number of carbonyl (C=O) groups is 3.